The molecule has 0 unspecified atom stereocenters. The molecule has 3 rings (SSSR count). The Labute approximate surface area is 117 Å². The summed E-state index contributed by atoms with van der Waals surface area (Å²) < 4.78 is 11.8. The van der Waals surface area contributed by atoms with E-state index in [9.17, 15) is 9.59 Å². The molecule has 98 valence electrons. The summed E-state index contributed by atoms with van der Waals surface area (Å²) in [6, 6.07) is 1.78. The van der Waals surface area contributed by atoms with E-state index in [1.54, 1.807) is 12.1 Å². The highest BCUT2D eigenvalue weighted by Crippen LogP contribution is 2.56. The Balaban J connectivity index is 2.23. The van der Waals surface area contributed by atoms with Crippen molar-refractivity contribution in [3.05, 3.63) is 21.7 Å². The van der Waals surface area contributed by atoms with Gasteiger partial charge >= 0.3 is 0 Å². The van der Waals surface area contributed by atoms with Crippen molar-refractivity contribution >= 4 is 28.3 Å². The fourth-order valence-electron chi connectivity index (χ4n) is 2.30. The highest BCUT2D eigenvalue weighted by atomic mass is 79.9. The highest BCUT2D eigenvalue weighted by molar-refractivity contribution is 9.10. The van der Waals surface area contributed by atoms with E-state index in [2.05, 4.69) is 20.9 Å². The summed E-state index contributed by atoms with van der Waals surface area (Å²) in [4.78, 5) is 25.6. The van der Waals surface area contributed by atoms with Crippen LogP contribution >= 0.6 is 15.9 Å². The minimum Gasteiger partial charge on any atom is -0.486 e. The van der Waals surface area contributed by atoms with E-state index in [0.717, 1.165) is 24.7 Å². The third kappa shape index (κ3) is 1.88. The molecule has 6 heteroatoms. The van der Waals surface area contributed by atoms with Crippen LogP contribution in [0.5, 0.6) is 11.5 Å². The lowest BCUT2D eigenvalue weighted by Crippen LogP contribution is -2.20. The summed E-state index contributed by atoms with van der Waals surface area (Å²) in [6.07, 6.45) is 3.88. The largest absolute Gasteiger partial charge is 0.486 e. The molecule has 0 spiro atoms. The summed E-state index contributed by atoms with van der Waals surface area (Å²) >= 11 is 3.35. The van der Waals surface area contributed by atoms with E-state index >= 15 is 0 Å². The van der Waals surface area contributed by atoms with E-state index < -0.39 is 5.54 Å². The number of hydrogen-bond donors (Lipinski definition) is 0. The van der Waals surface area contributed by atoms with E-state index in [4.69, 9.17) is 9.47 Å². The highest BCUT2D eigenvalue weighted by Gasteiger charge is 2.48. The molecule has 19 heavy (non-hydrogen) atoms. The third-order valence-corrected chi connectivity index (χ3v) is 4.06. The molecule has 0 atom stereocenters. The van der Waals surface area contributed by atoms with Crippen LogP contribution in [0.15, 0.2) is 15.5 Å². The van der Waals surface area contributed by atoms with Gasteiger partial charge in [0.1, 0.15) is 18.8 Å². The Bertz CT molecular complexity index is 603. The van der Waals surface area contributed by atoms with Gasteiger partial charge in [0.25, 0.3) is 0 Å². The van der Waals surface area contributed by atoms with Gasteiger partial charge < -0.3 is 9.47 Å². The molecule has 1 heterocycles. The molecule has 2 aliphatic rings. The van der Waals surface area contributed by atoms with Crippen LogP contribution in [0.3, 0.4) is 0 Å². The molecule has 0 amide bonds. The molecule has 1 aromatic rings. The summed E-state index contributed by atoms with van der Waals surface area (Å²) in [7, 11) is 0. The molecule has 5 nitrogen and oxygen atoms in total. The summed E-state index contributed by atoms with van der Waals surface area (Å²) in [5.74, 6) is 0.950. The van der Waals surface area contributed by atoms with Crippen LogP contribution in [0.25, 0.3) is 0 Å². The normalized spacial score (nSPS) is 18.4. The van der Waals surface area contributed by atoms with Gasteiger partial charge in [0.15, 0.2) is 17.8 Å². The Morgan fingerprint density at radius 2 is 2.00 bits per heavy atom. The lowest BCUT2D eigenvalue weighted by Gasteiger charge is -2.25. The van der Waals surface area contributed by atoms with Crippen molar-refractivity contribution in [2.45, 2.75) is 18.4 Å². The molecule has 1 aliphatic carbocycles. The number of nitrogens with zero attached hydrogens (tertiary/aromatic N) is 1. The Morgan fingerprint density at radius 3 is 2.58 bits per heavy atom. The van der Waals surface area contributed by atoms with Crippen LogP contribution in [0, 0.1) is 0 Å². The number of aliphatic imine (C=N–C) groups is 1. The average Bonchev–Trinajstić information content (AvgIpc) is 3.19. The summed E-state index contributed by atoms with van der Waals surface area (Å²) in [6.45, 7) is 0.814. The number of halogens is 1. The molecule has 0 saturated heterocycles. The van der Waals surface area contributed by atoms with Gasteiger partial charge in [-0.05, 0) is 34.8 Å². The number of carbonyl (C=O) groups is 1. The van der Waals surface area contributed by atoms with E-state index in [1.807, 2.05) is 0 Å². The predicted octanol–water partition coefficient (Wildman–Crippen LogP) is 2.36. The van der Waals surface area contributed by atoms with Gasteiger partial charge in [-0.1, -0.05) is 0 Å². The van der Waals surface area contributed by atoms with Gasteiger partial charge in [0.2, 0.25) is 6.08 Å². The molecule has 1 fully saturated rings. The standard InChI is InChI=1S/C13H10BrNO4/c14-10-5-9(13(1-2-13)15-7-17)12-11(8(10)6-16)18-3-4-19-12/h5-6H,1-4H2. The van der Waals surface area contributed by atoms with Gasteiger partial charge in [0.05, 0.1) is 5.56 Å². The second kappa shape index (κ2) is 4.47. The second-order valence-corrected chi connectivity index (χ2v) is 5.38. The maximum Gasteiger partial charge on any atom is 0.235 e. The van der Waals surface area contributed by atoms with Crippen LogP contribution in [0.1, 0.15) is 28.8 Å². The fourth-order valence-corrected chi connectivity index (χ4v) is 2.80. The monoisotopic (exact) mass is 323 g/mol. The molecule has 0 bridgehead atoms. The van der Waals surface area contributed by atoms with Crippen molar-refractivity contribution in [2.75, 3.05) is 13.2 Å². The van der Waals surface area contributed by atoms with E-state index in [-0.39, 0.29) is 0 Å². The zero-order valence-corrected chi connectivity index (χ0v) is 11.5. The Morgan fingerprint density at radius 1 is 1.32 bits per heavy atom. The van der Waals surface area contributed by atoms with Gasteiger partial charge in [-0.15, -0.1) is 0 Å². The van der Waals surface area contributed by atoms with Crippen LogP contribution < -0.4 is 9.47 Å². The molecular formula is C13H10BrNO4. The van der Waals surface area contributed by atoms with Crippen molar-refractivity contribution in [3.8, 4) is 11.5 Å². The van der Waals surface area contributed by atoms with Crippen molar-refractivity contribution < 1.29 is 19.1 Å². The minimum absolute atomic E-state index is 0.397. The van der Waals surface area contributed by atoms with Crippen LogP contribution in [0.2, 0.25) is 0 Å². The van der Waals surface area contributed by atoms with Crippen molar-refractivity contribution in [1.82, 2.24) is 0 Å². The number of fused-ring (bicyclic) bond motifs is 1. The molecule has 1 saturated carbocycles. The van der Waals surface area contributed by atoms with Gasteiger partial charge in [-0.25, -0.2) is 4.79 Å². The lowest BCUT2D eigenvalue weighted by atomic mass is 10.0. The molecule has 0 aromatic heterocycles. The number of hydrogen-bond acceptors (Lipinski definition) is 5. The average molecular weight is 324 g/mol. The minimum atomic E-state index is -0.559. The number of benzene rings is 1. The summed E-state index contributed by atoms with van der Waals surface area (Å²) in [5, 5.41) is 0. The first kappa shape index (κ1) is 12.4. The SMILES string of the molecule is O=C=NC1(c2cc(Br)c(C=O)c3c2OCCO3)CC1. The second-order valence-electron chi connectivity index (χ2n) is 4.53. The maximum absolute atomic E-state index is 11.2. The van der Waals surface area contributed by atoms with Crippen LogP contribution in [-0.2, 0) is 10.3 Å². The number of aldehydes is 1. The molecule has 0 N–H and O–H groups in total. The first-order valence-corrected chi connectivity index (χ1v) is 6.68. The van der Waals surface area contributed by atoms with Gasteiger partial charge in [-0.2, -0.15) is 4.99 Å². The quantitative estimate of drug-likeness (QED) is 0.486. The van der Waals surface area contributed by atoms with Crippen molar-refractivity contribution in [3.63, 3.8) is 0 Å². The molecule has 0 radical (unpaired) electrons. The zero-order chi connectivity index (χ0) is 13.5. The number of ether oxygens (including phenoxy) is 2. The topological polar surface area (TPSA) is 65.0 Å². The first-order valence-electron chi connectivity index (χ1n) is 5.88. The third-order valence-electron chi connectivity index (χ3n) is 3.40. The lowest BCUT2D eigenvalue weighted by molar-refractivity contribution is 0.111. The maximum atomic E-state index is 11.2. The Kier molecular flexibility index (Phi) is 2.92. The van der Waals surface area contributed by atoms with Gasteiger partial charge in [-0.3, -0.25) is 4.79 Å². The predicted molar refractivity (Wildman–Crippen MR) is 69.6 cm³/mol. The van der Waals surface area contributed by atoms with Crippen LogP contribution in [0.4, 0.5) is 0 Å². The van der Waals surface area contributed by atoms with Crippen molar-refractivity contribution in [2.24, 2.45) is 4.99 Å². The van der Waals surface area contributed by atoms with E-state index in [1.165, 1.54) is 0 Å². The first-order chi connectivity index (χ1) is 9.22. The fraction of sp³-hybridized carbons (Fsp3) is 0.385. The molecule has 1 aliphatic heterocycles. The van der Waals surface area contributed by atoms with E-state index in [0.29, 0.717) is 34.7 Å². The Hall–Kier alpha value is -1.65. The van der Waals surface area contributed by atoms with Crippen LogP contribution in [-0.4, -0.2) is 25.6 Å². The number of rotatable bonds is 3. The molecule has 1 aromatic carbocycles. The summed E-state index contributed by atoms with van der Waals surface area (Å²) in [5.41, 5.74) is 0.642. The van der Waals surface area contributed by atoms with Crippen molar-refractivity contribution in [1.29, 1.82) is 0 Å². The number of isocyanates is 1. The zero-order valence-electron chi connectivity index (χ0n) is 9.94. The number of carbonyl (C=O) groups excluding carboxylic acids is 2. The van der Waals surface area contributed by atoms with Gasteiger partial charge in [0, 0.05) is 10.0 Å². The smallest absolute Gasteiger partial charge is 0.235 e. The molecular weight excluding hydrogens is 314 g/mol.